The minimum absolute atomic E-state index is 0.0523. The molecule has 1 aliphatic heterocycles. The Bertz CT molecular complexity index is 439. The molecule has 1 unspecified atom stereocenters. The van der Waals surface area contributed by atoms with Crippen LogP contribution in [0, 0.1) is 11.3 Å². The first-order valence-corrected chi connectivity index (χ1v) is 5.68. The van der Waals surface area contributed by atoms with Crippen molar-refractivity contribution < 1.29 is 4.79 Å². The van der Waals surface area contributed by atoms with E-state index in [2.05, 4.69) is 5.32 Å². The van der Waals surface area contributed by atoms with E-state index < -0.39 is 0 Å². The van der Waals surface area contributed by atoms with Gasteiger partial charge in [-0.15, -0.1) is 0 Å². The first kappa shape index (κ1) is 11.5. The lowest BCUT2D eigenvalue weighted by Gasteiger charge is -2.20. The number of anilines is 1. The molecule has 1 heterocycles. The minimum atomic E-state index is -0.184. The molecule has 88 valence electrons. The number of carbonyl (C=O) groups excluding carboxylic acids is 1. The summed E-state index contributed by atoms with van der Waals surface area (Å²) in [6.45, 7) is 0.490. The van der Waals surface area contributed by atoms with Crippen LogP contribution in [0.2, 0.25) is 0 Å². The summed E-state index contributed by atoms with van der Waals surface area (Å²) in [4.78, 5) is 13.7. The number of carbonyl (C=O) groups is 1. The molecule has 0 fully saturated rings. The molecule has 0 radical (unpaired) electrons. The Morgan fingerprint density at radius 2 is 2.35 bits per heavy atom. The van der Waals surface area contributed by atoms with Crippen molar-refractivity contribution >= 4 is 11.6 Å². The van der Waals surface area contributed by atoms with Crippen LogP contribution in [0.5, 0.6) is 0 Å². The van der Waals surface area contributed by atoms with Crippen molar-refractivity contribution in [2.75, 3.05) is 18.9 Å². The molecule has 0 saturated carbocycles. The molecule has 4 heteroatoms. The van der Waals surface area contributed by atoms with E-state index in [0.717, 1.165) is 12.1 Å². The number of rotatable bonds is 3. The van der Waals surface area contributed by atoms with Crippen LogP contribution in [-0.4, -0.2) is 30.4 Å². The maximum Gasteiger partial charge on any atom is 0.245 e. The number of amides is 1. The molecule has 1 aliphatic rings. The molecule has 0 saturated heterocycles. The van der Waals surface area contributed by atoms with Gasteiger partial charge in [-0.1, -0.05) is 18.2 Å². The quantitative estimate of drug-likeness (QED) is 0.852. The SMILES string of the molecule is CN(CCC#N)C(=O)C1Cc2ccccc2N1. The average Bonchev–Trinajstić information content (AvgIpc) is 2.78. The topological polar surface area (TPSA) is 56.1 Å². The lowest BCUT2D eigenvalue weighted by atomic mass is 10.1. The Labute approximate surface area is 101 Å². The summed E-state index contributed by atoms with van der Waals surface area (Å²) in [5, 5.41) is 11.7. The van der Waals surface area contributed by atoms with Gasteiger partial charge in [0.05, 0.1) is 12.5 Å². The number of fused-ring (bicyclic) bond motifs is 1. The molecular weight excluding hydrogens is 214 g/mol. The summed E-state index contributed by atoms with van der Waals surface area (Å²) in [5.41, 5.74) is 2.22. The second kappa shape index (κ2) is 4.88. The molecular formula is C13H15N3O. The van der Waals surface area contributed by atoms with E-state index in [1.54, 1.807) is 11.9 Å². The van der Waals surface area contributed by atoms with E-state index in [1.165, 1.54) is 5.56 Å². The van der Waals surface area contributed by atoms with Gasteiger partial charge in [-0.2, -0.15) is 5.26 Å². The van der Waals surface area contributed by atoms with Gasteiger partial charge in [0.1, 0.15) is 6.04 Å². The van der Waals surface area contributed by atoms with Gasteiger partial charge < -0.3 is 10.2 Å². The van der Waals surface area contributed by atoms with Gasteiger partial charge in [0, 0.05) is 25.7 Å². The maximum atomic E-state index is 12.1. The number of para-hydroxylation sites is 1. The van der Waals surface area contributed by atoms with Gasteiger partial charge in [0.25, 0.3) is 0 Å². The van der Waals surface area contributed by atoms with Crippen molar-refractivity contribution in [3.05, 3.63) is 29.8 Å². The van der Waals surface area contributed by atoms with Gasteiger partial charge in [0.2, 0.25) is 5.91 Å². The van der Waals surface area contributed by atoms with Crippen LogP contribution in [0.4, 0.5) is 5.69 Å². The van der Waals surface area contributed by atoms with Gasteiger partial charge in [-0.3, -0.25) is 4.79 Å². The molecule has 17 heavy (non-hydrogen) atoms. The first-order chi connectivity index (χ1) is 8.22. The van der Waals surface area contributed by atoms with Crippen molar-refractivity contribution in [2.24, 2.45) is 0 Å². The third-order valence-corrected chi connectivity index (χ3v) is 3.00. The molecule has 0 aliphatic carbocycles. The fourth-order valence-corrected chi connectivity index (χ4v) is 2.04. The number of benzene rings is 1. The Kier molecular flexibility index (Phi) is 3.29. The van der Waals surface area contributed by atoms with E-state index >= 15 is 0 Å². The van der Waals surface area contributed by atoms with Crippen molar-refractivity contribution in [2.45, 2.75) is 18.9 Å². The molecule has 0 bridgehead atoms. The summed E-state index contributed by atoms with van der Waals surface area (Å²) >= 11 is 0. The Balaban J connectivity index is 1.99. The molecule has 1 aromatic carbocycles. The number of hydrogen-bond acceptors (Lipinski definition) is 3. The summed E-state index contributed by atoms with van der Waals surface area (Å²) in [7, 11) is 1.74. The van der Waals surface area contributed by atoms with Crippen molar-refractivity contribution in [1.82, 2.24) is 4.90 Å². The van der Waals surface area contributed by atoms with E-state index in [0.29, 0.717) is 13.0 Å². The third-order valence-electron chi connectivity index (χ3n) is 3.00. The highest BCUT2D eigenvalue weighted by atomic mass is 16.2. The van der Waals surface area contributed by atoms with Crippen LogP contribution >= 0.6 is 0 Å². The molecule has 1 amide bonds. The lowest BCUT2D eigenvalue weighted by molar-refractivity contribution is -0.130. The first-order valence-electron chi connectivity index (χ1n) is 5.68. The van der Waals surface area contributed by atoms with Gasteiger partial charge in [-0.25, -0.2) is 0 Å². The predicted octanol–water partition coefficient (Wildman–Crippen LogP) is 1.40. The highest BCUT2D eigenvalue weighted by Gasteiger charge is 2.28. The fourth-order valence-electron chi connectivity index (χ4n) is 2.04. The number of likely N-dealkylation sites (N-methyl/N-ethyl adjacent to an activating group) is 1. The molecule has 1 N–H and O–H groups in total. The van der Waals surface area contributed by atoms with E-state index in [4.69, 9.17) is 5.26 Å². The van der Waals surface area contributed by atoms with Gasteiger partial charge >= 0.3 is 0 Å². The summed E-state index contributed by atoms with van der Waals surface area (Å²) < 4.78 is 0. The summed E-state index contributed by atoms with van der Waals surface area (Å²) in [6.07, 6.45) is 1.10. The number of nitrogens with one attached hydrogen (secondary N) is 1. The largest absolute Gasteiger partial charge is 0.373 e. The molecule has 1 atom stereocenters. The van der Waals surface area contributed by atoms with Crippen LogP contribution in [0.1, 0.15) is 12.0 Å². The summed E-state index contributed by atoms with van der Waals surface area (Å²) in [6, 6.07) is 9.81. The van der Waals surface area contributed by atoms with Gasteiger partial charge in [-0.05, 0) is 11.6 Å². The molecule has 0 spiro atoms. The van der Waals surface area contributed by atoms with Crippen LogP contribution < -0.4 is 5.32 Å². The lowest BCUT2D eigenvalue weighted by Crippen LogP contribution is -2.40. The molecule has 4 nitrogen and oxygen atoms in total. The standard InChI is InChI=1S/C13H15N3O/c1-16(8-4-7-14)13(17)12-9-10-5-2-3-6-11(10)15-12/h2-3,5-6,12,15H,4,8-9H2,1H3. The highest BCUT2D eigenvalue weighted by molar-refractivity contribution is 5.87. The maximum absolute atomic E-state index is 12.1. The van der Waals surface area contributed by atoms with Crippen molar-refractivity contribution in [3.63, 3.8) is 0 Å². The van der Waals surface area contributed by atoms with E-state index in [-0.39, 0.29) is 11.9 Å². The predicted molar refractivity (Wildman–Crippen MR) is 65.4 cm³/mol. The average molecular weight is 229 g/mol. The Morgan fingerprint density at radius 1 is 1.59 bits per heavy atom. The van der Waals surface area contributed by atoms with Gasteiger partial charge in [0.15, 0.2) is 0 Å². The van der Waals surface area contributed by atoms with Crippen LogP contribution in [0.3, 0.4) is 0 Å². The zero-order valence-corrected chi connectivity index (χ0v) is 9.81. The zero-order valence-electron chi connectivity index (χ0n) is 9.81. The second-order valence-corrected chi connectivity index (χ2v) is 4.23. The smallest absolute Gasteiger partial charge is 0.245 e. The zero-order chi connectivity index (χ0) is 12.3. The fraction of sp³-hybridized carbons (Fsp3) is 0.385. The Morgan fingerprint density at radius 3 is 3.06 bits per heavy atom. The van der Waals surface area contributed by atoms with E-state index in [9.17, 15) is 4.79 Å². The second-order valence-electron chi connectivity index (χ2n) is 4.23. The molecule has 1 aromatic rings. The van der Waals surface area contributed by atoms with Crippen LogP contribution in [-0.2, 0) is 11.2 Å². The monoisotopic (exact) mass is 229 g/mol. The third kappa shape index (κ3) is 2.39. The number of nitrogens with zero attached hydrogens (tertiary/aromatic N) is 2. The molecule has 2 rings (SSSR count). The number of hydrogen-bond donors (Lipinski definition) is 1. The van der Waals surface area contributed by atoms with Crippen LogP contribution in [0.25, 0.3) is 0 Å². The number of nitriles is 1. The van der Waals surface area contributed by atoms with Crippen molar-refractivity contribution in [1.29, 1.82) is 5.26 Å². The minimum Gasteiger partial charge on any atom is -0.373 e. The van der Waals surface area contributed by atoms with Crippen LogP contribution in [0.15, 0.2) is 24.3 Å². The normalized spacial score (nSPS) is 16.8. The Hall–Kier alpha value is -2.02. The summed E-state index contributed by atoms with van der Waals surface area (Å²) in [5.74, 6) is 0.0523. The highest BCUT2D eigenvalue weighted by Crippen LogP contribution is 2.25. The molecule has 0 aromatic heterocycles. The van der Waals surface area contributed by atoms with Crippen molar-refractivity contribution in [3.8, 4) is 6.07 Å². The van der Waals surface area contributed by atoms with E-state index in [1.807, 2.05) is 30.3 Å².